The molecule has 7 heteroatoms. The largest absolute Gasteiger partial charge is 0.496 e. The van der Waals surface area contributed by atoms with Crippen LogP contribution < -0.4 is 14.8 Å². The molecule has 0 spiro atoms. The lowest BCUT2D eigenvalue weighted by Crippen LogP contribution is -2.25. The predicted octanol–water partition coefficient (Wildman–Crippen LogP) is 3.10. The molecule has 0 aromatic heterocycles. The molecule has 3 rings (SSSR count). The van der Waals surface area contributed by atoms with Crippen LogP contribution in [0, 0.1) is 5.82 Å². The summed E-state index contributed by atoms with van der Waals surface area (Å²) in [5, 5.41) is 3.25. The van der Waals surface area contributed by atoms with Crippen LogP contribution in [0.1, 0.15) is 11.1 Å². The molecule has 26 heavy (non-hydrogen) atoms. The zero-order valence-electron chi connectivity index (χ0n) is 14.3. The van der Waals surface area contributed by atoms with Gasteiger partial charge in [0, 0.05) is 12.6 Å². The van der Waals surface area contributed by atoms with Gasteiger partial charge in [-0.25, -0.2) is 4.39 Å². The maximum absolute atomic E-state index is 13.0. The van der Waals surface area contributed by atoms with Gasteiger partial charge in [0.1, 0.15) is 29.6 Å². The monoisotopic (exact) mass is 372 g/mol. The van der Waals surface area contributed by atoms with Crippen molar-refractivity contribution in [3.63, 3.8) is 0 Å². The van der Waals surface area contributed by atoms with Crippen molar-refractivity contribution in [3.05, 3.63) is 65.1 Å². The van der Waals surface area contributed by atoms with E-state index in [-0.39, 0.29) is 18.3 Å². The first kappa shape index (κ1) is 17.9. The Morgan fingerprint density at radius 2 is 1.96 bits per heavy atom. The quantitative estimate of drug-likeness (QED) is 0.646. The van der Waals surface area contributed by atoms with E-state index in [1.54, 1.807) is 38.4 Å². The second kappa shape index (κ2) is 7.53. The smallest absolute Gasteiger partial charge is 0.276 e. The molecule has 1 amide bonds. The number of nitrogens with zero attached hydrogens (tertiary/aromatic N) is 1. The fraction of sp³-hybridized carbons (Fsp3) is 0.158. The predicted molar refractivity (Wildman–Crippen MR) is 100 cm³/mol. The lowest BCUT2D eigenvalue weighted by atomic mass is 10.1. The first-order valence-electron chi connectivity index (χ1n) is 7.84. The van der Waals surface area contributed by atoms with E-state index in [1.165, 1.54) is 17.0 Å². The van der Waals surface area contributed by atoms with Gasteiger partial charge in [0.15, 0.2) is 5.11 Å². The van der Waals surface area contributed by atoms with Crippen LogP contribution >= 0.6 is 12.2 Å². The van der Waals surface area contributed by atoms with Gasteiger partial charge in [-0.15, -0.1) is 0 Å². The Bertz CT molecular complexity index is 881. The summed E-state index contributed by atoms with van der Waals surface area (Å²) in [7, 11) is 3.19. The normalized spacial score (nSPS) is 15.3. The Balaban J connectivity index is 1.81. The van der Waals surface area contributed by atoms with Crippen LogP contribution in [0.5, 0.6) is 11.5 Å². The number of ether oxygens (including phenoxy) is 2. The number of methoxy groups -OCH3 is 1. The second-order valence-electron chi connectivity index (χ2n) is 5.67. The molecule has 0 radical (unpaired) electrons. The van der Waals surface area contributed by atoms with Gasteiger partial charge in [-0.1, -0.05) is 6.07 Å². The molecule has 1 saturated heterocycles. The zero-order chi connectivity index (χ0) is 18.7. The van der Waals surface area contributed by atoms with Crippen molar-refractivity contribution in [2.45, 2.75) is 6.61 Å². The minimum Gasteiger partial charge on any atom is -0.496 e. The molecule has 1 aliphatic heterocycles. The topological polar surface area (TPSA) is 50.8 Å². The van der Waals surface area contributed by atoms with Gasteiger partial charge in [-0.3, -0.25) is 9.69 Å². The summed E-state index contributed by atoms with van der Waals surface area (Å²) in [6.07, 6.45) is 1.72. The number of benzene rings is 2. The molecule has 0 unspecified atom stereocenters. The molecule has 5 nitrogen and oxygen atoms in total. The van der Waals surface area contributed by atoms with Gasteiger partial charge < -0.3 is 14.8 Å². The van der Waals surface area contributed by atoms with Gasteiger partial charge >= 0.3 is 0 Å². The number of thiocarbonyl (C=S) groups is 1. The summed E-state index contributed by atoms with van der Waals surface area (Å²) in [5.41, 5.74) is 2.01. The SMILES string of the molecule is COc1ccc(/C=C2/NC(=S)N(C)C2=O)cc1COc1ccc(F)cc1. The van der Waals surface area contributed by atoms with Gasteiger partial charge in [0.25, 0.3) is 5.91 Å². The van der Waals surface area contributed by atoms with Crippen LogP contribution in [0.3, 0.4) is 0 Å². The lowest BCUT2D eigenvalue weighted by Gasteiger charge is -2.11. The summed E-state index contributed by atoms with van der Waals surface area (Å²) < 4.78 is 24.0. The molecule has 2 aromatic rings. The number of amides is 1. The minimum absolute atomic E-state index is 0.185. The van der Waals surface area contributed by atoms with E-state index in [0.29, 0.717) is 22.3 Å². The van der Waals surface area contributed by atoms with E-state index >= 15 is 0 Å². The Morgan fingerprint density at radius 3 is 2.58 bits per heavy atom. The summed E-state index contributed by atoms with van der Waals surface area (Å²) in [4.78, 5) is 13.5. The summed E-state index contributed by atoms with van der Waals surface area (Å²) >= 11 is 5.07. The van der Waals surface area contributed by atoms with Crippen molar-refractivity contribution >= 4 is 29.3 Å². The van der Waals surface area contributed by atoms with Gasteiger partial charge in [0.2, 0.25) is 0 Å². The Kier molecular flexibility index (Phi) is 5.18. The molecule has 0 saturated carbocycles. The van der Waals surface area contributed by atoms with Crippen LogP contribution in [-0.2, 0) is 11.4 Å². The molecular weight excluding hydrogens is 355 g/mol. The highest BCUT2D eigenvalue weighted by Gasteiger charge is 2.26. The van der Waals surface area contributed by atoms with E-state index in [4.69, 9.17) is 21.7 Å². The highest BCUT2D eigenvalue weighted by atomic mass is 32.1. The molecule has 1 N–H and O–H groups in total. The molecular formula is C19H17FN2O3S. The van der Waals surface area contributed by atoms with Crippen molar-refractivity contribution in [2.24, 2.45) is 0 Å². The van der Waals surface area contributed by atoms with E-state index in [2.05, 4.69) is 5.32 Å². The number of hydrogen-bond donors (Lipinski definition) is 1. The third-order valence-electron chi connectivity index (χ3n) is 3.90. The third kappa shape index (κ3) is 3.83. The van der Waals surface area contributed by atoms with Crippen molar-refractivity contribution < 1.29 is 18.7 Å². The summed E-state index contributed by atoms with van der Waals surface area (Å²) in [6.45, 7) is 0.242. The molecule has 0 aliphatic carbocycles. The van der Waals surface area contributed by atoms with Gasteiger partial charge in [-0.05, 0) is 60.3 Å². The average Bonchev–Trinajstić information content (AvgIpc) is 2.88. The number of likely N-dealkylation sites (N-methyl/N-ethyl adjacent to an activating group) is 1. The fourth-order valence-corrected chi connectivity index (χ4v) is 2.68. The Morgan fingerprint density at radius 1 is 1.23 bits per heavy atom. The lowest BCUT2D eigenvalue weighted by molar-refractivity contribution is -0.121. The molecule has 1 heterocycles. The standard InChI is InChI=1S/C19H17FN2O3S/c1-22-18(23)16(21-19(22)26)10-12-3-8-17(24-2)13(9-12)11-25-15-6-4-14(20)5-7-15/h3-10H,11H2,1-2H3,(H,21,26)/b16-10+. The second-order valence-corrected chi connectivity index (χ2v) is 6.05. The Labute approximate surface area is 156 Å². The van der Waals surface area contributed by atoms with Gasteiger partial charge in [0.05, 0.1) is 7.11 Å². The third-order valence-corrected chi connectivity index (χ3v) is 4.28. The average molecular weight is 372 g/mol. The van der Waals surface area contributed by atoms with Gasteiger partial charge in [-0.2, -0.15) is 0 Å². The highest BCUT2D eigenvalue weighted by molar-refractivity contribution is 7.80. The van der Waals surface area contributed by atoms with E-state index < -0.39 is 0 Å². The molecule has 1 aliphatic rings. The van der Waals surface area contributed by atoms with Crippen LogP contribution in [-0.4, -0.2) is 30.1 Å². The van der Waals surface area contributed by atoms with Crippen LogP contribution in [0.15, 0.2) is 48.2 Å². The first-order valence-corrected chi connectivity index (χ1v) is 8.25. The van der Waals surface area contributed by atoms with E-state index in [9.17, 15) is 9.18 Å². The van der Waals surface area contributed by atoms with Crippen LogP contribution in [0.25, 0.3) is 6.08 Å². The Hall–Kier alpha value is -2.93. The number of carbonyl (C=O) groups excluding carboxylic acids is 1. The van der Waals surface area contributed by atoms with Crippen LogP contribution in [0.4, 0.5) is 4.39 Å². The number of halogens is 1. The zero-order valence-corrected chi connectivity index (χ0v) is 15.1. The maximum atomic E-state index is 13.0. The molecule has 2 aromatic carbocycles. The van der Waals surface area contributed by atoms with Crippen molar-refractivity contribution in [1.29, 1.82) is 0 Å². The number of rotatable bonds is 5. The first-order chi connectivity index (χ1) is 12.5. The molecule has 134 valence electrons. The summed E-state index contributed by atoms with van der Waals surface area (Å²) in [6, 6.07) is 11.3. The van der Waals surface area contributed by atoms with Crippen molar-refractivity contribution in [2.75, 3.05) is 14.2 Å². The number of carbonyl (C=O) groups is 1. The molecule has 1 fully saturated rings. The number of nitrogens with one attached hydrogen (secondary N) is 1. The van der Waals surface area contributed by atoms with E-state index in [0.717, 1.165) is 11.1 Å². The molecule has 0 bridgehead atoms. The maximum Gasteiger partial charge on any atom is 0.276 e. The summed E-state index contributed by atoms with van der Waals surface area (Å²) in [5.74, 6) is 0.708. The van der Waals surface area contributed by atoms with E-state index in [1.807, 2.05) is 12.1 Å². The molecule has 0 atom stereocenters. The van der Waals surface area contributed by atoms with Crippen LogP contribution in [0.2, 0.25) is 0 Å². The van der Waals surface area contributed by atoms with Crippen molar-refractivity contribution in [1.82, 2.24) is 10.2 Å². The fourth-order valence-electron chi connectivity index (χ4n) is 2.48. The minimum atomic E-state index is -0.319. The van der Waals surface area contributed by atoms with Crippen molar-refractivity contribution in [3.8, 4) is 11.5 Å². The number of hydrogen-bond acceptors (Lipinski definition) is 4. The highest BCUT2D eigenvalue weighted by Crippen LogP contribution is 2.24.